The molecule has 2 heterocycles. The van der Waals surface area contributed by atoms with Crippen molar-refractivity contribution in [2.45, 2.75) is 58.5 Å². The molecule has 9 heteroatoms. The highest BCUT2D eigenvalue weighted by Crippen LogP contribution is 2.28. The maximum absolute atomic E-state index is 12.8. The third kappa shape index (κ3) is 4.38. The first kappa shape index (κ1) is 22.0. The predicted molar refractivity (Wildman–Crippen MR) is 124 cm³/mol. The molecular weight excluding hydrogens is 428 g/mol. The number of hydrogen-bond acceptors (Lipinski definition) is 5. The molecule has 0 saturated carbocycles. The van der Waals surface area contributed by atoms with Gasteiger partial charge in [0.15, 0.2) is 0 Å². The van der Waals surface area contributed by atoms with Crippen LogP contribution in [0.5, 0.6) is 0 Å². The van der Waals surface area contributed by atoms with Gasteiger partial charge in [-0.1, -0.05) is 25.0 Å². The van der Waals surface area contributed by atoms with E-state index in [1.54, 1.807) is 31.2 Å². The lowest BCUT2D eigenvalue weighted by Gasteiger charge is -2.13. The minimum Gasteiger partial charge on any atom is -0.284 e. The van der Waals surface area contributed by atoms with Gasteiger partial charge in [-0.15, -0.1) is 11.3 Å². The summed E-state index contributed by atoms with van der Waals surface area (Å²) in [6, 6.07) is 8.59. The number of aromatic nitrogens is 2. The average molecular weight is 455 g/mol. The normalized spacial score (nSPS) is 13.8. The zero-order valence-corrected chi connectivity index (χ0v) is 18.8. The van der Waals surface area contributed by atoms with E-state index < -0.39 is 11.6 Å². The molecule has 0 fully saturated rings. The number of thiophene rings is 1. The van der Waals surface area contributed by atoms with Crippen molar-refractivity contribution in [1.29, 1.82) is 0 Å². The van der Waals surface area contributed by atoms with E-state index in [1.807, 2.05) is 6.07 Å². The van der Waals surface area contributed by atoms with E-state index in [4.69, 9.17) is 0 Å². The molecule has 0 unspecified atom stereocenters. The van der Waals surface area contributed by atoms with Crippen LogP contribution in [0.3, 0.4) is 0 Å². The van der Waals surface area contributed by atoms with Crippen LogP contribution in [0.2, 0.25) is 0 Å². The topological polar surface area (TPSA) is 102 Å². The van der Waals surface area contributed by atoms with Gasteiger partial charge in [-0.05, 0) is 56.4 Å². The van der Waals surface area contributed by atoms with Gasteiger partial charge < -0.3 is 0 Å². The van der Waals surface area contributed by atoms with Gasteiger partial charge in [-0.25, -0.2) is 4.79 Å². The number of fused-ring (bicyclic) bond motifs is 2. The van der Waals surface area contributed by atoms with Crippen LogP contribution in [-0.2, 0) is 30.7 Å². The standard InChI is InChI=1S/C23H26N4O4S/c1-2-26-22(30)16-10-7-8-11-17(16)27(23(26)31)14-20(28)24-25-21(29)19-13-15-9-5-3-4-6-12-18(15)32-19/h7-8,10-11,13H,2-6,9,12,14H2,1H3,(H,24,28)(H,25,29). The molecule has 2 amide bonds. The van der Waals surface area contributed by atoms with Gasteiger partial charge >= 0.3 is 5.69 Å². The first-order chi connectivity index (χ1) is 15.5. The molecule has 8 nitrogen and oxygen atoms in total. The van der Waals surface area contributed by atoms with Crippen molar-refractivity contribution < 1.29 is 9.59 Å². The second-order valence-electron chi connectivity index (χ2n) is 7.91. The Balaban J connectivity index is 1.49. The van der Waals surface area contributed by atoms with E-state index in [2.05, 4.69) is 10.9 Å². The number of aryl methyl sites for hydroxylation is 2. The number of hydrogen-bond donors (Lipinski definition) is 2. The van der Waals surface area contributed by atoms with Gasteiger partial charge in [0.2, 0.25) is 0 Å². The Kier molecular flexibility index (Phi) is 6.55. The predicted octanol–water partition coefficient (Wildman–Crippen LogP) is 2.36. The van der Waals surface area contributed by atoms with E-state index >= 15 is 0 Å². The van der Waals surface area contributed by atoms with Crippen LogP contribution in [0, 0.1) is 0 Å². The molecule has 32 heavy (non-hydrogen) atoms. The van der Waals surface area contributed by atoms with Gasteiger partial charge in [0.25, 0.3) is 17.4 Å². The zero-order valence-electron chi connectivity index (χ0n) is 18.0. The Hall–Kier alpha value is -3.20. The first-order valence-corrected chi connectivity index (χ1v) is 11.7. The van der Waals surface area contributed by atoms with Gasteiger partial charge in [-0.3, -0.25) is 34.4 Å². The Labute approximate surface area is 188 Å². The fourth-order valence-electron chi connectivity index (χ4n) is 4.13. The number of benzene rings is 1. The molecule has 1 aromatic carbocycles. The van der Waals surface area contributed by atoms with Crippen LogP contribution in [0.4, 0.5) is 0 Å². The molecule has 0 saturated heterocycles. The Bertz CT molecular complexity index is 1260. The molecular formula is C23H26N4O4S. The van der Waals surface area contributed by atoms with E-state index in [9.17, 15) is 19.2 Å². The summed E-state index contributed by atoms with van der Waals surface area (Å²) in [4.78, 5) is 52.2. The highest BCUT2D eigenvalue weighted by atomic mass is 32.1. The van der Waals surface area contributed by atoms with Crippen molar-refractivity contribution in [1.82, 2.24) is 20.0 Å². The molecule has 0 radical (unpaired) electrons. The lowest BCUT2D eigenvalue weighted by molar-refractivity contribution is -0.122. The van der Waals surface area contributed by atoms with Crippen molar-refractivity contribution in [2.24, 2.45) is 0 Å². The summed E-state index contributed by atoms with van der Waals surface area (Å²) < 4.78 is 2.34. The number of nitrogens with zero attached hydrogens (tertiary/aromatic N) is 2. The summed E-state index contributed by atoms with van der Waals surface area (Å²) in [5, 5.41) is 0.363. The van der Waals surface area contributed by atoms with Crippen LogP contribution in [0.15, 0.2) is 39.9 Å². The lowest BCUT2D eigenvalue weighted by atomic mass is 10.00. The van der Waals surface area contributed by atoms with Crippen LogP contribution in [0.1, 0.15) is 52.7 Å². The van der Waals surface area contributed by atoms with Crippen LogP contribution in [0.25, 0.3) is 10.9 Å². The summed E-state index contributed by atoms with van der Waals surface area (Å²) in [5.41, 5.74) is 5.52. The maximum atomic E-state index is 12.8. The Morgan fingerprint density at radius 2 is 1.75 bits per heavy atom. The lowest BCUT2D eigenvalue weighted by Crippen LogP contribution is -2.46. The molecule has 2 N–H and O–H groups in total. The van der Waals surface area contributed by atoms with Crippen LogP contribution in [-0.4, -0.2) is 20.9 Å². The highest BCUT2D eigenvalue weighted by molar-refractivity contribution is 7.14. The molecule has 1 aliphatic carbocycles. The molecule has 2 aromatic heterocycles. The number of amides is 2. The van der Waals surface area contributed by atoms with Gasteiger partial charge in [0.1, 0.15) is 6.54 Å². The number of carbonyl (C=O) groups is 2. The second kappa shape index (κ2) is 9.52. The van der Waals surface area contributed by atoms with E-state index in [-0.39, 0.29) is 24.6 Å². The maximum Gasteiger partial charge on any atom is 0.331 e. The third-order valence-corrected chi connectivity index (χ3v) is 7.02. The SMILES string of the molecule is CCn1c(=O)c2ccccc2n(CC(=O)NNC(=O)c2cc3c(s2)CCCCCC3)c1=O. The average Bonchev–Trinajstić information content (AvgIpc) is 3.17. The number of hydrazine groups is 1. The number of para-hydroxylation sites is 1. The van der Waals surface area contributed by atoms with E-state index in [1.165, 1.54) is 39.2 Å². The molecule has 168 valence electrons. The van der Waals surface area contributed by atoms with Crippen molar-refractivity contribution >= 4 is 34.1 Å². The largest absolute Gasteiger partial charge is 0.331 e. The van der Waals surface area contributed by atoms with Gasteiger partial charge in [0.05, 0.1) is 15.8 Å². The summed E-state index contributed by atoms with van der Waals surface area (Å²) >= 11 is 1.48. The summed E-state index contributed by atoms with van der Waals surface area (Å²) in [7, 11) is 0. The number of rotatable bonds is 4. The van der Waals surface area contributed by atoms with E-state index in [0.29, 0.717) is 15.8 Å². The van der Waals surface area contributed by atoms with Crippen molar-refractivity contribution in [3.8, 4) is 0 Å². The molecule has 0 bridgehead atoms. The Morgan fingerprint density at radius 3 is 2.53 bits per heavy atom. The van der Waals surface area contributed by atoms with Crippen LogP contribution < -0.4 is 22.1 Å². The van der Waals surface area contributed by atoms with E-state index in [0.717, 1.165) is 30.3 Å². The quantitative estimate of drug-likeness (QED) is 0.591. The molecule has 0 atom stereocenters. The monoisotopic (exact) mass is 454 g/mol. The van der Waals surface area contributed by atoms with Gasteiger partial charge in [-0.2, -0.15) is 0 Å². The number of nitrogens with one attached hydrogen (secondary N) is 2. The fraction of sp³-hybridized carbons (Fsp3) is 0.391. The highest BCUT2D eigenvalue weighted by Gasteiger charge is 2.18. The molecule has 1 aliphatic rings. The minimum atomic E-state index is -0.560. The molecule has 4 rings (SSSR count). The number of carbonyl (C=O) groups excluding carboxylic acids is 2. The Morgan fingerprint density at radius 1 is 1.00 bits per heavy atom. The van der Waals surface area contributed by atoms with Crippen molar-refractivity contribution in [3.05, 3.63) is 66.5 Å². The molecule has 3 aromatic rings. The first-order valence-electron chi connectivity index (χ1n) is 10.9. The van der Waals surface area contributed by atoms with Crippen molar-refractivity contribution in [2.75, 3.05) is 0 Å². The third-order valence-electron chi connectivity index (χ3n) is 5.79. The summed E-state index contributed by atoms with van der Waals surface area (Å²) in [5.74, 6) is -0.923. The van der Waals surface area contributed by atoms with Gasteiger partial charge in [0, 0.05) is 11.4 Å². The smallest absolute Gasteiger partial charge is 0.284 e. The fourth-order valence-corrected chi connectivity index (χ4v) is 5.28. The summed E-state index contributed by atoms with van der Waals surface area (Å²) in [6.07, 6.45) is 6.66. The second-order valence-corrected chi connectivity index (χ2v) is 9.05. The molecule has 0 aliphatic heterocycles. The summed E-state index contributed by atoms with van der Waals surface area (Å²) in [6.45, 7) is 1.58. The van der Waals surface area contributed by atoms with Crippen molar-refractivity contribution in [3.63, 3.8) is 0 Å². The zero-order chi connectivity index (χ0) is 22.7. The molecule has 0 spiro atoms. The van der Waals surface area contributed by atoms with Crippen LogP contribution >= 0.6 is 11.3 Å². The minimum absolute atomic E-state index is 0.198.